The van der Waals surface area contributed by atoms with Gasteiger partial charge in [0.25, 0.3) is 5.91 Å². The minimum Gasteiger partial charge on any atom is -0.395 e. The van der Waals surface area contributed by atoms with E-state index in [1.54, 1.807) is 4.90 Å². The summed E-state index contributed by atoms with van der Waals surface area (Å²) in [4.78, 5) is 19.8. The lowest BCUT2D eigenvalue weighted by Crippen LogP contribution is -2.43. The zero-order valence-corrected chi connectivity index (χ0v) is 15.5. The molecule has 1 N–H and O–H groups in total. The molecular formula is C19H28N3O3. The maximum atomic E-state index is 13.1. The van der Waals surface area contributed by atoms with Gasteiger partial charge in [-0.05, 0) is 33.1 Å². The fourth-order valence-electron chi connectivity index (χ4n) is 3.84. The molecule has 1 aliphatic heterocycles. The highest BCUT2D eigenvalue weighted by Crippen LogP contribution is 2.40. The monoisotopic (exact) mass is 346 g/mol. The van der Waals surface area contributed by atoms with Crippen LogP contribution in [0, 0.1) is 19.8 Å². The highest BCUT2D eigenvalue weighted by Gasteiger charge is 2.49. The van der Waals surface area contributed by atoms with Gasteiger partial charge in [-0.25, -0.2) is 0 Å². The molecule has 1 aromatic heterocycles. The van der Waals surface area contributed by atoms with E-state index in [9.17, 15) is 9.90 Å². The van der Waals surface area contributed by atoms with Gasteiger partial charge >= 0.3 is 0 Å². The lowest BCUT2D eigenvalue weighted by Gasteiger charge is -2.25. The Morgan fingerprint density at radius 2 is 2.04 bits per heavy atom. The average molecular weight is 346 g/mol. The van der Waals surface area contributed by atoms with Gasteiger partial charge in [0, 0.05) is 18.5 Å². The first-order valence-corrected chi connectivity index (χ1v) is 9.32. The zero-order chi connectivity index (χ0) is 18.0. The third-order valence-corrected chi connectivity index (χ3v) is 5.51. The zero-order valence-electron chi connectivity index (χ0n) is 15.5. The van der Waals surface area contributed by atoms with Gasteiger partial charge in [0.1, 0.15) is 17.1 Å². The Kier molecular flexibility index (Phi) is 5.27. The van der Waals surface area contributed by atoms with Crippen LogP contribution in [0.5, 0.6) is 0 Å². The van der Waals surface area contributed by atoms with Crippen LogP contribution in [0.1, 0.15) is 68.9 Å². The minimum absolute atomic E-state index is 0.0972. The van der Waals surface area contributed by atoms with Gasteiger partial charge in [0.2, 0.25) is 0 Å². The van der Waals surface area contributed by atoms with Gasteiger partial charge in [-0.1, -0.05) is 31.3 Å². The van der Waals surface area contributed by atoms with Crippen LogP contribution in [0.15, 0.2) is 9.52 Å². The average Bonchev–Trinajstić information content (AvgIpc) is 3.28. The van der Waals surface area contributed by atoms with E-state index in [-0.39, 0.29) is 12.5 Å². The summed E-state index contributed by atoms with van der Waals surface area (Å²) in [6.07, 6.45) is 6.68. The van der Waals surface area contributed by atoms with E-state index in [0.29, 0.717) is 18.2 Å². The topological polar surface area (TPSA) is 78.9 Å². The van der Waals surface area contributed by atoms with Crippen LogP contribution < -0.4 is 0 Å². The molecular weight excluding hydrogens is 318 g/mol. The van der Waals surface area contributed by atoms with E-state index in [0.717, 1.165) is 62.1 Å². The van der Waals surface area contributed by atoms with Crippen molar-refractivity contribution in [3.8, 4) is 0 Å². The van der Waals surface area contributed by atoms with Crippen LogP contribution >= 0.6 is 0 Å². The second-order valence-electron chi connectivity index (χ2n) is 7.24. The molecule has 1 radical (unpaired) electrons. The van der Waals surface area contributed by atoms with E-state index >= 15 is 0 Å². The molecule has 25 heavy (non-hydrogen) atoms. The Labute approximate surface area is 149 Å². The minimum atomic E-state index is -0.543. The number of hydrogen-bond donors (Lipinski definition) is 1. The number of rotatable bonds is 7. The maximum Gasteiger partial charge on any atom is 0.255 e. The molecule has 6 nitrogen and oxygen atoms in total. The van der Waals surface area contributed by atoms with Crippen molar-refractivity contribution in [2.24, 2.45) is 4.99 Å². The smallest absolute Gasteiger partial charge is 0.255 e. The van der Waals surface area contributed by atoms with Crippen LogP contribution in [-0.4, -0.2) is 45.6 Å². The van der Waals surface area contributed by atoms with Crippen LogP contribution in [0.3, 0.4) is 0 Å². The van der Waals surface area contributed by atoms with Gasteiger partial charge < -0.3 is 9.63 Å². The van der Waals surface area contributed by atoms with Crippen molar-refractivity contribution in [3.63, 3.8) is 0 Å². The van der Waals surface area contributed by atoms with Gasteiger partial charge in [-0.2, -0.15) is 0 Å². The molecule has 3 rings (SSSR count). The van der Waals surface area contributed by atoms with E-state index in [1.165, 1.54) is 0 Å². The van der Waals surface area contributed by atoms with Crippen molar-refractivity contribution < 1.29 is 14.4 Å². The molecule has 0 saturated heterocycles. The van der Waals surface area contributed by atoms with E-state index in [4.69, 9.17) is 9.52 Å². The number of amides is 1. The van der Waals surface area contributed by atoms with Crippen LogP contribution in [-0.2, 0) is 4.79 Å². The third kappa shape index (κ3) is 3.24. The first-order chi connectivity index (χ1) is 12.0. The SMILES string of the molecule is CCCCC1=NC2(CCCC2)C(=O)N1C[C](CO)c1noc(C)c1C. The Hall–Kier alpha value is -1.69. The summed E-state index contributed by atoms with van der Waals surface area (Å²) in [5.41, 5.74) is 1.03. The van der Waals surface area contributed by atoms with Gasteiger partial charge in [-0.3, -0.25) is 14.7 Å². The molecule has 0 aromatic carbocycles. The maximum absolute atomic E-state index is 13.1. The summed E-state index contributed by atoms with van der Waals surface area (Å²) in [7, 11) is 0. The molecule has 1 aromatic rings. The molecule has 1 fully saturated rings. The molecule has 0 bridgehead atoms. The molecule has 1 amide bonds. The predicted octanol–water partition coefficient (Wildman–Crippen LogP) is 2.95. The summed E-state index contributed by atoms with van der Waals surface area (Å²) in [5, 5.41) is 14.0. The normalized spacial score (nSPS) is 19.5. The van der Waals surface area contributed by atoms with Crippen LogP contribution in [0.4, 0.5) is 0 Å². The summed E-state index contributed by atoms with van der Waals surface area (Å²) < 4.78 is 5.24. The summed E-state index contributed by atoms with van der Waals surface area (Å²) >= 11 is 0. The van der Waals surface area contributed by atoms with Crippen LogP contribution in [0.2, 0.25) is 0 Å². The largest absolute Gasteiger partial charge is 0.395 e. The molecule has 1 saturated carbocycles. The Morgan fingerprint density at radius 1 is 1.32 bits per heavy atom. The standard InChI is InChI=1S/C19H28N3O3/c1-4-5-8-16-20-19(9-6-7-10-19)18(24)22(16)11-15(12-23)17-13(2)14(3)25-21-17/h23H,4-12H2,1-3H3. The first-order valence-electron chi connectivity index (χ1n) is 9.32. The Morgan fingerprint density at radius 3 is 2.60 bits per heavy atom. The summed E-state index contributed by atoms with van der Waals surface area (Å²) in [5.74, 6) is 2.42. The third-order valence-electron chi connectivity index (χ3n) is 5.51. The summed E-state index contributed by atoms with van der Waals surface area (Å²) in [6.45, 7) is 6.10. The number of aliphatic imine (C=N–C) groups is 1. The molecule has 1 aliphatic carbocycles. The number of hydrogen-bond acceptors (Lipinski definition) is 5. The number of carbonyl (C=O) groups is 1. The summed E-state index contributed by atoms with van der Waals surface area (Å²) in [6, 6.07) is 0. The fraction of sp³-hybridized carbons (Fsp3) is 0.684. The number of aliphatic hydroxyl groups excluding tert-OH is 1. The number of nitrogens with zero attached hydrogens (tertiary/aromatic N) is 3. The van der Waals surface area contributed by atoms with Crippen molar-refractivity contribution in [1.82, 2.24) is 10.1 Å². The molecule has 1 spiro atoms. The fourth-order valence-corrected chi connectivity index (χ4v) is 3.84. The number of unbranched alkanes of at least 4 members (excludes halogenated alkanes) is 1. The molecule has 137 valence electrons. The highest BCUT2D eigenvalue weighted by molar-refractivity contribution is 6.08. The number of aliphatic hydroxyl groups is 1. The molecule has 2 heterocycles. The number of amidine groups is 1. The number of carbonyl (C=O) groups excluding carboxylic acids is 1. The van der Waals surface area contributed by atoms with E-state index in [2.05, 4.69) is 12.1 Å². The second-order valence-corrected chi connectivity index (χ2v) is 7.24. The van der Waals surface area contributed by atoms with E-state index in [1.807, 2.05) is 13.8 Å². The number of aromatic nitrogens is 1. The van der Waals surface area contributed by atoms with Gasteiger partial charge in [0.05, 0.1) is 18.2 Å². The van der Waals surface area contributed by atoms with E-state index < -0.39 is 5.54 Å². The molecule has 2 aliphatic rings. The van der Waals surface area contributed by atoms with Crippen molar-refractivity contribution in [2.45, 2.75) is 71.3 Å². The number of aryl methyl sites for hydroxylation is 1. The van der Waals surface area contributed by atoms with Crippen molar-refractivity contribution in [2.75, 3.05) is 13.2 Å². The second kappa shape index (κ2) is 7.28. The predicted molar refractivity (Wildman–Crippen MR) is 95.3 cm³/mol. The van der Waals surface area contributed by atoms with Gasteiger partial charge in [0.15, 0.2) is 0 Å². The lowest BCUT2D eigenvalue weighted by atomic mass is 9.96. The Balaban J connectivity index is 1.84. The van der Waals surface area contributed by atoms with Crippen molar-refractivity contribution in [1.29, 1.82) is 0 Å². The van der Waals surface area contributed by atoms with Crippen molar-refractivity contribution >= 4 is 11.7 Å². The molecule has 0 atom stereocenters. The first kappa shape index (κ1) is 18.1. The van der Waals surface area contributed by atoms with Crippen molar-refractivity contribution in [3.05, 3.63) is 22.9 Å². The van der Waals surface area contributed by atoms with Gasteiger partial charge in [-0.15, -0.1) is 0 Å². The molecule has 6 heteroatoms. The van der Waals surface area contributed by atoms with Crippen LogP contribution in [0.25, 0.3) is 0 Å². The molecule has 0 unspecified atom stereocenters. The highest BCUT2D eigenvalue weighted by atomic mass is 16.5. The Bertz CT molecular complexity index is 659. The quantitative estimate of drug-likeness (QED) is 0.823. The lowest BCUT2D eigenvalue weighted by molar-refractivity contribution is -0.130.